The van der Waals surface area contributed by atoms with Gasteiger partial charge in [-0.1, -0.05) is 25.7 Å². The van der Waals surface area contributed by atoms with Gasteiger partial charge in [-0.2, -0.15) is 0 Å². The molecule has 0 bridgehead atoms. The van der Waals surface area contributed by atoms with Crippen LogP contribution in [0.5, 0.6) is 0 Å². The van der Waals surface area contributed by atoms with Gasteiger partial charge in [-0.05, 0) is 19.8 Å². The highest BCUT2D eigenvalue weighted by molar-refractivity contribution is 6.31. The fourth-order valence-electron chi connectivity index (χ4n) is 1.86. The van der Waals surface area contributed by atoms with Crippen LogP contribution in [0, 0.1) is 0 Å². The average molecular weight is 247 g/mol. The Bertz CT molecular complexity index is 248. The van der Waals surface area contributed by atoms with E-state index in [4.69, 9.17) is 11.6 Å². The molecule has 2 N–H and O–H groups in total. The van der Waals surface area contributed by atoms with Crippen LogP contribution in [0.4, 0.5) is 4.79 Å². The summed E-state index contributed by atoms with van der Waals surface area (Å²) in [5, 5.41) is 4.36. The molecule has 0 aromatic rings. The summed E-state index contributed by atoms with van der Waals surface area (Å²) >= 11 is 5.55. The Hall–Kier alpha value is -0.770. The SMILES string of the molecule is CC(Cl)C(=O)NC(=O)NC1CCCCCC1. The number of carbonyl (C=O) groups is 2. The number of urea groups is 1. The van der Waals surface area contributed by atoms with Gasteiger partial charge in [0.2, 0.25) is 5.91 Å². The van der Waals surface area contributed by atoms with E-state index in [-0.39, 0.29) is 6.04 Å². The van der Waals surface area contributed by atoms with E-state index in [1.807, 2.05) is 0 Å². The smallest absolute Gasteiger partial charge is 0.321 e. The number of alkyl halides is 1. The van der Waals surface area contributed by atoms with E-state index in [0.717, 1.165) is 25.7 Å². The van der Waals surface area contributed by atoms with E-state index >= 15 is 0 Å². The minimum Gasteiger partial charge on any atom is -0.335 e. The minimum atomic E-state index is -0.681. The van der Waals surface area contributed by atoms with E-state index in [2.05, 4.69) is 10.6 Å². The number of halogens is 1. The van der Waals surface area contributed by atoms with Crippen LogP contribution in [-0.2, 0) is 4.79 Å². The maximum absolute atomic E-state index is 11.4. The maximum Gasteiger partial charge on any atom is 0.321 e. The van der Waals surface area contributed by atoms with Gasteiger partial charge in [0.1, 0.15) is 5.38 Å². The highest BCUT2D eigenvalue weighted by Gasteiger charge is 2.17. The second kappa shape index (κ2) is 6.74. The first kappa shape index (κ1) is 13.3. The lowest BCUT2D eigenvalue weighted by atomic mass is 10.1. The van der Waals surface area contributed by atoms with E-state index in [1.165, 1.54) is 19.8 Å². The summed E-state index contributed by atoms with van der Waals surface area (Å²) < 4.78 is 0. The molecule has 0 aromatic heterocycles. The molecule has 1 unspecified atom stereocenters. The average Bonchev–Trinajstić information content (AvgIpc) is 2.45. The Balaban J connectivity index is 2.29. The molecule has 0 heterocycles. The molecule has 3 amide bonds. The molecular weight excluding hydrogens is 228 g/mol. The third-order valence-electron chi connectivity index (χ3n) is 2.79. The monoisotopic (exact) mass is 246 g/mol. The van der Waals surface area contributed by atoms with Crippen molar-refractivity contribution in [1.29, 1.82) is 0 Å². The van der Waals surface area contributed by atoms with Crippen LogP contribution in [0.2, 0.25) is 0 Å². The van der Waals surface area contributed by atoms with Gasteiger partial charge in [-0.15, -0.1) is 11.6 Å². The van der Waals surface area contributed by atoms with Gasteiger partial charge in [0, 0.05) is 6.04 Å². The van der Waals surface area contributed by atoms with Crippen LogP contribution < -0.4 is 10.6 Å². The van der Waals surface area contributed by atoms with Gasteiger partial charge in [-0.3, -0.25) is 10.1 Å². The van der Waals surface area contributed by atoms with Crippen LogP contribution in [-0.4, -0.2) is 23.4 Å². The standard InChI is InChI=1S/C11H19ClN2O2/c1-8(12)10(15)14-11(16)13-9-6-4-2-3-5-7-9/h8-9H,2-7H2,1H3,(H2,13,14,15,16). The minimum absolute atomic E-state index is 0.195. The van der Waals surface area contributed by atoms with Crippen molar-refractivity contribution < 1.29 is 9.59 Å². The number of carbonyl (C=O) groups excluding carboxylic acids is 2. The quantitative estimate of drug-likeness (QED) is 0.580. The van der Waals surface area contributed by atoms with E-state index < -0.39 is 17.3 Å². The molecule has 0 aliphatic heterocycles. The Morgan fingerprint density at radius 3 is 2.25 bits per heavy atom. The van der Waals surface area contributed by atoms with Crippen LogP contribution >= 0.6 is 11.6 Å². The fourth-order valence-corrected chi connectivity index (χ4v) is 1.91. The zero-order chi connectivity index (χ0) is 12.0. The van der Waals surface area contributed by atoms with Crippen molar-refractivity contribution >= 4 is 23.5 Å². The van der Waals surface area contributed by atoms with Crippen LogP contribution in [0.15, 0.2) is 0 Å². The number of hydrogen-bond acceptors (Lipinski definition) is 2. The van der Waals surface area contributed by atoms with Gasteiger partial charge >= 0.3 is 6.03 Å². The number of rotatable bonds is 2. The van der Waals surface area contributed by atoms with Crippen molar-refractivity contribution in [1.82, 2.24) is 10.6 Å². The summed E-state index contributed by atoms with van der Waals surface area (Å²) in [7, 11) is 0. The first-order chi connectivity index (χ1) is 7.59. The molecule has 16 heavy (non-hydrogen) atoms. The molecule has 92 valence electrons. The van der Waals surface area contributed by atoms with Crippen molar-refractivity contribution in [2.45, 2.75) is 56.9 Å². The third kappa shape index (κ3) is 4.84. The van der Waals surface area contributed by atoms with Crippen LogP contribution in [0.3, 0.4) is 0 Å². The maximum atomic E-state index is 11.4. The molecule has 1 atom stereocenters. The number of imide groups is 1. The summed E-state index contributed by atoms with van der Waals surface area (Å²) in [5.41, 5.74) is 0. The zero-order valence-corrected chi connectivity index (χ0v) is 10.3. The Kier molecular flexibility index (Phi) is 5.60. The summed E-state index contributed by atoms with van der Waals surface area (Å²) in [6, 6.07) is -0.231. The summed E-state index contributed by atoms with van der Waals surface area (Å²) in [4.78, 5) is 22.6. The molecule has 5 heteroatoms. The van der Waals surface area contributed by atoms with Crippen LogP contribution in [0.25, 0.3) is 0 Å². The molecule has 1 rings (SSSR count). The molecule has 4 nitrogen and oxygen atoms in total. The summed E-state index contributed by atoms with van der Waals surface area (Å²) in [6.45, 7) is 1.54. The molecule has 1 fully saturated rings. The zero-order valence-electron chi connectivity index (χ0n) is 9.59. The largest absolute Gasteiger partial charge is 0.335 e. The topological polar surface area (TPSA) is 58.2 Å². The number of amides is 3. The lowest BCUT2D eigenvalue weighted by Crippen LogP contribution is -2.46. The van der Waals surface area contributed by atoms with Gasteiger partial charge in [-0.25, -0.2) is 4.79 Å². The number of hydrogen-bond donors (Lipinski definition) is 2. The van der Waals surface area contributed by atoms with Crippen molar-refractivity contribution in [3.05, 3.63) is 0 Å². The van der Waals surface area contributed by atoms with Gasteiger partial charge in [0.25, 0.3) is 0 Å². The Morgan fingerprint density at radius 1 is 1.19 bits per heavy atom. The first-order valence-electron chi connectivity index (χ1n) is 5.85. The Morgan fingerprint density at radius 2 is 1.75 bits per heavy atom. The predicted molar refractivity (Wildman–Crippen MR) is 63.5 cm³/mol. The van der Waals surface area contributed by atoms with Crippen LogP contribution in [0.1, 0.15) is 45.4 Å². The van der Waals surface area contributed by atoms with Gasteiger partial charge < -0.3 is 5.32 Å². The second-order valence-electron chi connectivity index (χ2n) is 4.27. The second-order valence-corrected chi connectivity index (χ2v) is 4.92. The Labute approximate surface area is 101 Å². The van der Waals surface area contributed by atoms with E-state index in [1.54, 1.807) is 0 Å². The highest BCUT2D eigenvalue weighted by Crippen LogP contribution is 2.16. The molecule has 1 aliphatic carbocycles. The molecular formula is C11H19ClN2O2. The molecule has 0 saturated heterocycles. The van der Waals surface area contributed by atoms with Gasteiger partial charge in [0.15, 0.2) is 0 Å². The van der Waals surface area contributed by atoms with Crippen molar-refractivity contribution in [2.75, 3.05) is 0 Å². The van der Waals surface area contributed by atoms with Crippen molar-refractivity contribution in [3.8, 4) is 0 Å². The van der Waals surface area contributed by atoms with Crippen molar-refractivity contribution in [2.24, 2.45) is 0 Å². The molecule has 0 aromatic carbocycles. The van der Waals surface area contributed by atoms with E-state index in [9.17, 15) is 9.59 Å². The summed E-state index contributed by atoms with van der Waals surface area (Å²) in [6.07, 6.45) is 6.75. The molecule has 0 spiro atoms. The first-order valence-corrected chi connectivity index (χ1v) is 6.28. The predicted octanol–water partition coefficient (Wildman–Crippen LogP) is 2.16. The molecule has 1 aliphatic rings. The number of nitrogens with one attached hydrogen (secondary N) is 2. The molecule has 0 radical (unpaired) electrons. The molecule has 1 saturated carbocycles. The van der Waals surface area contributed by atoms with Gasteiger partial charge in [0.05, 0.1) is 0 Å². The normalized spacial score (nSPS) is 19.6. The van der Waals surface area contributed by atoms with E-state index in [0.29, 0.717) is 0 Å². The lowest BCUT2D eigenvalue weighted by molar-refractivity contribution is -0.119. The highest BCUT2D eigenvalue weighted by atomic mass is 35.5. The lowest BCUT2D eigenvalue weighted by Gasteiger charge is -2.16. The summed E-state index contributed by atoms with van der Waals surface area (Å²) in [5.74, 6) is -0.451. The fraction of sp³-hybridized carbons (Fsp3) is 0.818. The van der Waals surface area contributed by atoms with Crippen molar-refractivity contribution in [3.63, 3.8) is 0 Å². The third-order valence-corrected chi connectivity index (χ3v) is 2.99.